The van der Waals surface area contributed by atoms with Crippen molar-refractivity contribution >= 4 is 23.3 Å². The van der Waals surface area contributed by atoms with Gasteiger partial charge in [0, 0.05) is 6.54 Å². The lowest BCUT2D eigenvalue weighted by Gasteiger charge is -2.22. The van der Waals surface area contributed by atoms with E-state index in [1.807, 2.05) is 26.0 Å². The van der Waals surface area contributed by atoms with Gasteiger partial charge in [-0.3, -0.25) is 0 Å². The summed E-state index contributed by atoms with van der Waals surface area (Å²) < 4.78 is 0. The number of benzene rings is 1. The van der Waals surface area contributed by atoms with Crippen LogP contribution in [0.15, 0.2) is 12.1 Å². The van der Waals surface area contributed by atoms with E-state index in [1.165, 1.54) is 32.1 Å². The first-order chi connectivity index (χ1) is 9.56. The lowest BCUT2D eigenvalue weighted by molar-refractivity contribution is 0.247. The summed E-state index contributed by atoms with van der Waals surface area (Å²) in [6.45, 7) is 4.70. The van der Waals surface area contributed by atoms with Crippen LogP contribution in [-0.2, 0) is 0 Å². The molecule has 110 valence electrons. The van der Waals surface area contributed by atoms with Crippen LogP contribution in [-0.4, -0.2) is 12.6 Å². The molecule has 3 nitrogen and oxygen atoms in total. The molecule has 20 heavy (non-hydrogen) atoms. The number of halogens is 1. The zero-order chi connectivity index (χ0) is 14.5. The molecule has 0 radical (unpaired) electrons. The summed E-state index contributed by atoms with van der Waals surface area (Å²) in [6.07, 6.45) is 6.36. The first kappa shape index (κ1) is 15.2. The topological polar surface area (TPSA) is 41.1 Å². The highest BCUT2D eigenvalue weighted by atomic mass is 35.5. The van der Waals surface area contributed by atoms with Crippen LogP contribution in [0.2, 0.25) is 5.02 Å². The number of rotatable bonds is 3. The minimum absolute atomic E-state index is 0.163. The van der Waals surface area contributed by atoms with E-state index < -0.39 is 0 Å². The van der Waals surface area contributed by atoms with Crippen molar-refractivity contribution in [3.63, 3.8) is 0 Å². The molecule has 0 bridgehead atoms. The van der Waals surface area contributed by atoms with Gasteiger partial charge in [0.1, 0.15) is 0 Å². The Morgan fingerprint density at radius 1 is 1.25 bits per heavy atom. The highest BCUT2D eigenvalue weighted by Gasteiger charge is 2.15. The summed E-state index contributed by atoms with van der Waals surface area (Å²) in [6, 6.07) is 3.72. The number of amides is 2. The van der Waals surface area contributed by atoms with Gasteiger partial charge in [-0.1, -0.05) is 36.9 Å². The first-order valence-corrected chi connectivity index (χ1v) is 7.75. The van der Waals surface area contributed by atoms with Gasteiger partial charge >= 0.3 is 6.03 Å². The van der Waals surface area contributed by atoms with Crippen LogP contribution in [0.1, 0.15) is 43.2 Å². The molecule has 2 N–H and O–H groups in total. The maximum absolute atomic E-state index is 12.0. The van der Waals surface area contributed by atoms with Crippen LogP contribution in [0.3, 0.4) is 0 Å². The second-order valence-corrected chi connectivity index (χ2v) is 6.18. The molecule has 0 heterocycles. The number of hydrogen-bond donors (Lipinski definition) is 2. The minimum atomic E-state index is -0.163. The molecular weight excluding hydrogens is 272 g/mol. The molecule has 0 aromatic heterocycles. The fourth-order valence-corrected chi connectivity index (χ4v) is 3.23. The Balaban J connectivity index is 1.88. The molecule has 0 unspecified atom stereocenters. The van der Waals surface area contributed by atoms with Gasteiger partial charge in [0.2, 0.25) is 0 Å². The van der Waals surface area contributed by atoms with Gasteiger partial charge in [0.15, 0.2) is 0 Å². The third kappa shape index (κ3) is 4.14. The van der Waals surface area contributed by atoms with Crippen molar-refractivity contribution < 1.29 is 4.79 Å². The van der Waals surface area contributed by atoms with Gasteiger partial charge in [-0.2, -0.15) is 0 Å². The highest BCUT2D eigenvalue weighted by molar-refractivity contribution is 6.34. The standard InChI is InChI=1S/C16H23ClN2O/c1-11-8-12(2)15(14(17)9-11)19-16(20)18-10-13-6-4-3-5-7-13/h8-9,13H,3-7,10H2,1-2H3,(H2,18,19,20). The highest BCUT2D eigenvalue weighted by Crippen LogP contribution is 2.27. The molecule has 4 heteroatoms. The first-order valence-electron chi connectivity index (χ1n) is 7.38. The molecule has 0 saturated heterocycles. The van der Waals surface area contributed by atoms with E-state index in [1.54, 1.807) is 0 Å². The Labute approximate surface area is 126 Å². The summed E-state index contributed by atoms with van der Waals surface area (Å²) >= 11 is 6.19. The average Bonchev–Trinajstić information content (AvgIpc) is 2.42. The van der Waals surface area contributed by atoms with Gasteiger partial charge in [-0.05, 0) is 49.8 Å². The molecule has 1 fully saturated rings. The normalized spacial score (nSPS) is 15.9. The Morgan fingerprint density at radius 2 is 1.95 bits per heavy atom. The second kappa shape index (κ2) is 6.98. The Morgan fingerprint density at radius 3 is 2.60 bits per heavy atom. The lowest BCUT2D eigenvalue weighted by atomic mass is 9.89. The Kier molecular flexibility index (Phi) is 5.30. The van der Waals surface area contributed by atoms with Crippen LogP contribution < -0.4 is 10.6 Å². The number of carbonyl (C=O) groups is 1. The van der Waals surface area contributed by atoms with Gasteiger partial charge < -0.3 is 10.6 Å². The number of nitrogens with one attached hydrogen (secondary N) is 2. The van der Waals surface area contributed by atoms with Crippen LogP contribution in [0.5, 0.6) is 0 Å². The van der Waals surface area contributed by atoms with E-state index in [2.05, 4.69) is 10.6 Å². The Bertz CT molecular complexity index is 458. The summed E-state index contributed by atoms with van der Waals surface area (Å²) in [5.41, 5.74) is 2.79. The predicted molar refractivity (Wildman–Crippen MR) is 84.5 cm³/mol. The zero-order valence-corrected chi connectivity index (χ0v) is 13.0. The summed E-state index contributed by atoms with van der Waals surface area (Å²) in [5, 5.41) is 6.42. The van der Waals surface area contributed by atoms with Gasteiger partial charge in [-0.15, -0.1) is 0 Å². The monoisotopic (exact) mass is 294 g/mol. The van der Waals surface area contributed by atoms with Gasteiger partial charge in [0.05, 0.1) is 10.7 Å². The quantitative estimate of drug-likeness (QED) is 0.836. The number of anilines is 1. The van der Waals surface area contributed by atoms with Crippen LogP contribution in [0.25, 0.3) is 0 Å². The van der Waals surface area contributed by atoms with Crippen molar-refractivity contribution in [3.05, 3.63) is 28.3 Å². The summed E-state index contributed by atoms with van der Waals surface area (Å²) in [4.78, 5) is 12.0. The van der Waals surface area contributed by atoms with E-state index in [9.17, 15) is 4.79 Å². The molecule has 0 spiro atoms. The molecule has 1 aromatic rings. The van der Waals surface area contributed by atoms with Gasteiger partial charge in [0.25, 0.3) is 0 Å². The maximum atomic E-state index is 12.0. The smallest absolute Gasteiger partial charge is 0.319 e. The van der Waals surface area contributed by atoms with Crippen molar-refractivity contribution in [1.29, 1.82) is 0 Å². The minimum Gasteiger partial charge on any atom is -0.338 e. The van der Waals surface area contributed by atoms with E-state index in [-0.39, 0.29) is 6.03 Å². The van der Waals surface area contributed by atoms with E-state index in [0.29, 0.717) is 16.6 Å². The van der Waals surface area contributed by atoms with E-state index >= 15 is 0 Å². The molecule has 2 amide bonds. The molecule has 1 saturated carbocycles. The van der Waals surface area contributed by atoms with Gasteiger partial charge in [-0.25, -0.2) is 4.79 Å². The molecule has 0 atom stereocenters. The lowest BCUT2D eigenvalue weighted by Crippen LogP contribution is -2.34. The van der Waals surface area contributed by atoms with Crippen LogP contribution in [0, 0.1) is 19.8 Å². The average molecular weight is 295 g/mol. The van der Waals surface area contributed by atoms with Crippen molar-refractivity contribution in [2.24, 2.45) is 5.92 Å². The SMILES string of the molecule is Cc1cc(C)c(NC(=O)NCC2CCCCC2)c(Cl)c1. The Hall–Kier alpha value is -1.22. The van der Waals surface area contributed by atoms with E-state index in [0.717, 1.165) is 17.7 Å². The van der Waals surface area contributed by atoms with Crippen molar-refractivity contribution in [1.82, 2.24) is 5.32 Å². The molecular formula is C16H23ClN2O. The van der Waals surface area contributed by atoms with Crippen molar-refractivity contribution in [2.45, 2.75) is 46.0 Å². The van der Waals surface area contributed by atoms with Crippen molar-refractivity contribution in [3.8, 4) is 0 Å². The molecule has 1 aliphatic rings. The molecule has 1 aromatic carbocycles. The number of hydrogen-bond acceptors (Lipinski definition) is 1. The second-order valence-electron chi connectivity index (χ2n) is 5.78. The molecule has 1 aliphatic carbocycles. The largest absolute Gasteiger partial charge is 0.338 e. The van der Waals surface area contributed by atoms with Crippen LogP contribution in [0.4, 0.5) is 10.5 Å². The fraction of sp³-hybridized carbons (Fsp3) is 0.562. The number of aryl methyl sites for hydroxylation is 2. The molecule has 0 aliphatic heterocycles. The fourth-order valence-electron chi connectivity index (χ4n) is 2.86. The summed E-state index contributed by atoms with van der Waals surface area (Å²) in [5.74, 6) is 0.629. The number of carbonyl (C=O) groups excluding carboxylic acids is 1. The summed E-state index contributed by atoms with van der Waals surface area (Å²) in [7, 11) is 0. The maximum Gasteiger partial charge on any atom is 0.319 e. The van der Waals surface area contributed by atoms with Crippen molar-refractivity contribution in [2.75, 3.05) is 11.9 Å². The molecule has 2 rings (SSSR count). The van der Waals surface area contributed by atoms with E-state index in [4.69, 9.17) is 11.6 Å². The zero-order valence-electron chi connectivity index (χ0n) is 12.3. The van der Waals surface area contributed by atoms with Crippen LogP contribution >= 0.6 is 11.6 Å². The third-order valence-corrected chi connectivity index (χ3v) is 4.24. The number of urea groups is 1. The third-order valence-electron chi connectivity index (χ3n) is 3.95. The predicted octanol–water partition coefficient (Wildman–Crippen LogP) is 4.66.